The first kappa shape index (κ1) is 22.2. The van der Waals surface area contributed by atoms with Gasteiger partial charge in [0.05, 0.1) is 5.56 Å². The number of aryl methyl sites for hydroxylation is 2. The summed E-state index contributed by atoms with van der Waals surface area (Å²) >= 11 is 0. The topological polar surface area (TPSA) is 86.5 Å². The SMILES string of the molecule is Cc1ccc2c(c1)c(CCN(C)CC1CCN(c3ncc(C(=O)NO)cn3)CC1)cn2C. The number of rotatable bonds is 7. The van der Waals surface area contributed by atoms with Gasteiger partial charge in [-0.1, -0.05) is 11.6 Å². The number of nitrogens with zero attached hydrogens (tertiary/aromatic N) is 5. The second-order valence-electron chi connectivity index (χ2n) is 8.94. The van der Waals surface area contributed by atoms with Crippen molar-refractivity contribution >= 4 is 22.8 Å². The molecule has 1 fully saturated rings. The lowest BCUT2D eigenvalue weighted by Gasteiger charge is -2.34. The van der Waals surface area contributed by atoms with Crippen LogP contribution in [0.5, 0.6) is 0 Å². The summed E-state index contributed by atoms with van der Waals surface area (Å²) < 4.78 is 2.23. The largest absolute Gasteiger partial charge is 0.350 e. The molecule has 8 heteroatoms. The zero-order chi connectivity index (χ0) is 22.7. The highest BCUT2D eigenvalue weighted by Gasteiger charge is 2.22. The fourth-order valence-electron chi connectivity index (χ4n) is 4.61. The van der Waals surface area contributed by atoms with E-state index in [-0.39, 0.29) is 5.56 Å². The number of hydrogen-bond donors (Lipinski definition) is 2. The number of carbonyl (C=O) groups is 1. The molecule has 0 unspecified atom stereocenters. The number of nitrogens with one attached hydrogen (secondary N) is 1. The molecule has 32 heavy (non-hydrogen) atoms. The van der Waals surface area contributed by atoms with Crippen LogP contribution in [-0.2, 0) is 13.5 Å². The van der Waals surface area contributed by atoms with Crippen LogP contribution in [0.2, 0.25) is 0 Å². The molecule has 3 aromatic rings. The van der Waals surface area contributed by atoms with Gasteiger partial charge in [0, 0.05) is 62.7 Å². The van der Waals surface area contributed by atoms with Crippen molar-refractivity contribution in [2.24, 2.45) is 13.0 Å². The lowest BCUT2D eigenvalue weighted by Crippen LogP contribution is -2.39. The second kappa shape index (κ2) is 9.67. The van der Waals surface area contributed by atoms with Gasteiger partial charge in [0.2, 0.25) is 5.95 Å². The second-order valence-corrected chi connectivity index (χ2v) is 8.94. The Kier molecular flexibility index (Phi) is 6.72. The Balaban J connectivity index is 1.26. The van der Waals surface area contributed by atoms with Gasteiger partial charge in [-0.05, 0) is 56.8 Å². The highest BCUT2D eigenvalue weighted by atomic mass is 16.5. The Morgan fingerprint density at radius 3 is 2.66 bits per heavy atom. The van der Waals surface area contributed by atoms with Gasteiger partial charge >= 0.3 is 0 Å². The van der Waals surface area contributed by atoms with Gasteiger partial charge in [-0.3, -0.25) is 10.0 Å². The molecule has 8 nitrogen and oxygen atoms in total. The van der Waals surface area contributed by atoms with Crippen LogP contribution in [0, 0.1) is 12.8 Å². The maximum Gasteiger partial charge on any atom is 0.277 e. The summed E-state index contributed by atoms with van der Waals surface area (Å²) in [5, 5.41) is 10.1. The summed E-state index contributed by atoms with van der Waals surface area (Å²) in [5.41, 5.74) is 5.87. The molecule has 0 saturated carbocycles. The van der Waals surface area contributed by atoms with Crippen LogP contribution in [0.15, 0.2) is 36.8 Å². The molecule has 1 saturated heterocycles. The molecule has 1 aliphatic rings. The number of benzene rings is 1. The van der Waals surface area contributed by atoms with Crippen molar-refractivity contribution in [2.45, 2.75) is 26.2 Å². The first-order chi connectivity index (χ1) is 15.4. The molecule has 1 aliphatic heterocycles. The smallest absolute Gasteiger partial charge is 0.277 e. The predicted molar refractivity (Wildman–Crippen MR) is 125 cm³/mol. The molecule has 170 valence electrons. The van der Waals surface area contributed by atoms with E-state index in [1.807, 2.05) is 0 Å². The molecular weight excluding hydrogens is 404 g/mol. The minimum atomic E-state index is -0.600. The van der Waals surface area contributed by atoms with Crippen LogP contribution in [0.3, 0.4) is 0 Å². The third-order valence-electron chi connectivity index (χ3n) is 6.46. The molecule has 0 atom stereocenters. The van der Waals surface area contributed by atoms with Gasteiger partial charge in [0.15, 0.2) is 0 Å². The highest BCUT2D eigenvalue weighted by molar-refractivity contribution is 5.92. The standard InChI is InChI=1S/C24H32N6O2/c1-17-4-5-22-21(12-17)19(16-29(22)3)8-9-28(2)15-18-6-10-30(11-7-18)24-25-13-20(14-26-24)23(31)27-32/h4-5,12-14,16,18,32H,6-11,15H2,1-3H3,(H,27,31). The summed E-state index contributed by atoms with van der Waals surface area (Å²) in [7, 11) is 4.34. The Hall–Kier alpha value is -2.97. The van der Waals surface area contributed by atoms with E-state index >= 15 is 0 Å². The van der Waals surface area contributed by atoms with E-state index in [0.717, 1.165) is 45.4 Å². The van der Waals surface area contributed by atoms with Crippen LogP contribution in [0.4, 0.5) is 5.95 Å². The van der Waals surface area contributed by atoms with Gasteiger partial charge in [-0.2, -0.15) is 0 Å². The van der Waals surface area contributed by atoms with Gasteiger partial charge in [-0.25, -0.2) is 15.4 Å². The molecule has 2 aromatic heterocycles. The van der Waals surface area contributed by atoms with Crippen molar-refractivity contribution in [1.29, 1.82) is 0 Å². The molecule has 0 spiro atoms. The number of anilines is 1. The van der Waals surface area contributed by atoms with Crippen molar-refractivity contribution in [3.8, 4) is 0 Å². The van der Waals surface area contributed by atoms with Crippen molar-refractivity contribution in [2.75, 3.05) is 38.1 Å². The maximum absolute atomic E-state index is 11.4. The molecule has 2 N–H and O–H groups in total. The van der Waals surface area contributed by atoms with Gasteiger partial charge in [0.25, 0.3) is 5.91 Å². The van der Waals surface area contributed by atoms with Crippen molar-refractivity contribution in [3.63, 3.8) is 0 Å². The summed E-state index contributed by atoms with van der Waals surface area (Å²) in [5.74, 6) is 0.694. The number of hydrogen-bond acceptors (Lipinski definition) is 6. The number of fused-ring (bicyclic) bond motifs is 1. The minimum absolute atomic E-state index is 0.245. The number of likely N-dealkylation sites (N-methyl/N-ethyl adjacent to an activating group) is 1. The van der Waals surface area contributed by atoms with Crippen LogP contribution in [-0.4, -0.2) is 63.8 Å². The van der Waals surface area contributed by atoms with Crippen LogP contribution < -0.4 is 10.4 Å². The zero-order valence-electron chi connectivity index (χ0n) is 19.1. The van der Waals surface area contributed by atoms with E-state index in [0.29, 0.717) is 11.9 Å². The predicted octanol–water partition coefficient (Wildman–Crippen LogP) is 2.79. The van der Waals surface area contributed by atoms with Crippen molar-refractivity contribution in [1.82, 2.24) is 24.9 Å². The maximum atomic E-state index is 11.4. The fourth-order valence-corrected chi connectivity index (χ4v) is 4.61. The van der Waals surface area contributed by atoms with E-state index in [1.165, 1.54) is 34.4 Å². The third kappa shape index (κ3) is 4.92. The first-order valence-corrected chi connectivity index (χ1v) is 11.2. The molecule has 3 heterocycles. The molecular formula is C24H32N6O2. The summed E-state index contributed by atoms with van der Waals surface area (Å²) in [6.45, 7) is 6.11. The molecule has 0 aliphatic carbocycles. The number of piperidine rings is 1. The van der Waals surface area contributed by atoms with Crippen LogP contribution in [0.25, 0.3) is 10.9 Å². The molecule has 0 radical (unpaired) electrons. The number of amides is 1. The minimum Gasteiger partial charge on any atom is -0.350 e. The summed E-state index contributed by atoms with van der Waals surface area (Å²) in [6, 6.07) is 6.69. The Bertz CT molecular complexity index is 1070. The van der Waals surface area contributed by atoms with Crippen molar-refractivity contribution in [3.05, 3.63) is 53.5 Å². The third-order valence-corrected chi connectivity index (χ3v) is 6.46. The van der Waals surface area contributed by atoms with E-state index in [4.69, 9.17) is 5.21 Å². The number of aromatic nitrogens is 3. The molecule has 1 aromatic carbocycles. The average molecular weight is 437 g/mol. The normalized spacial score (nSPS) is 15.0. The Morgan fingerprint density at radius 1 is 1.25 bits per heavy atom. The van der Waals surface area contributed by atoms with Gasteiger partial charge in [0.1, 0.15) is 0 Å². The fraction of sp³-hybridized carbons (Fsp3) is 0.458. The lowest BCUT2D eigenvalue weighted by atomic mass is 9.96. The van der Waals surface area contributed by atoms with E-state index < -0.39 is 5.91 Å². The van der Waals surface area contributed by atoms with E-state index in [9.17, 15) is 4.79 Å². The lowest BCUT2D eigenvalue weighted by molar-refractivity contribution is 0.0705. The number of hydroxylamine groups is 1. The van der Waals surface area contributed by atoms with E-state index in [2.05, 4.69) is 69.7 Å². The molecule has 0 bridgehead atoms. The monoisotopic (exact) mass is 436 g/mol. The van der Waals surface area contributed by atoms with Crippen LogP contribution in [0.1, 0.15) is 34.3 Å². The van der Waals surface area contributed by atoms with Gasteiger partial charge < -0.3 is 14.4 Å². The summed E-state index contributed by atoms with van der Waals surface area (Å²) in [4.78, 5) is 24.6. The highest BCUT2D eigenvalue weighted by Crippen LogP contribution is 2.24. The number of carbonyl (C=O) groups excluding carboxylic acids is 1. The quantitative estimate of drug-likeness (QED) is 0.438. The zero-order valence-corrected chi connectivity index (χ0v) is 19.1. The summed E-state index contributed by atoms with van der Waals surface area (Å²) in [6.07, 6.45) is 8.41. The van der Waals surface area contributed by atoms with E-state index in [1.54, 1.807) is 5.48 Å². The first-order valence-electron chi connectivity index (χ1n) is 11.2. The Morgan fingerprint density at radius 2 is 1.97 bits per heavy atom. The molecule has 4 rings (SSSR count). The van der Waals surface area contributed by atoms with Crippen LogP contribution >= 0.6 is 0 Å². The Labute approximate surface area is 188 Å². The molecule has 1 amide bonds. The average Bonchev–Trinajstić information content (AvgIpc) is 3.12. The van der Waals surface area contributed by atoms with Crippen molar-refractivity contribution < 1.29 is 10.0 Å². The van der Waals surface area contributed by atoms with Gasteiger partial charge in [-0.15, -0.1) is 0 Å².